The summed E-state index contributed by atoms with van der Waals surface area (Å²) in [5, 5.41) is 3.30. The lowest BCUT2D eigenvalue weighted by Crippen LogP contribution is -2.21. The Morgan fingerprint density at radius 1 is 1.03 bits per heavy atom. The summed E-state index contributed by atoms with van der Waals surface area (Å²) < 4.78 is 33.1. The minimum absolute atomic E-state index is 0.0675. The molecule has 0 saturated heterocycles. The molecule has 3 rings (SSSR count). The van der Waals surface area contributed by atoms with E-state index in [4.69, 9.17) is 16.3 Å². The highest BCUT2D eigenvalue weighted by Crippen LogP contribution is 2.23. The average molecular weight is 459 g/mol. The number of carbonyl (C=O) groups is 1. The number of benzene rings is 3. The fourth-order valence-corrected chi connectivity index (χ4v) is 4.10. The third-order valence-electron chi connectivity index (χ3n) is 4.60. The molecule has 0 aliphatic carbocycles. The minimum atomic E-state index is -3.78. The molecule has 0 atom stereocenters. The second-order valence-corrected chi connectivity index (χ2v) is 8.98. The summed E-state index contributed by atoms with van der Waals surface area (Å²) in [6, 6.07) is 18.3. The van der Waals surface area contributed by atoms with E-state index < -0.39 is 10.0 Å². The zero-order valence-corrected chi connectivity index (χ0v) is 18.8. The highest BCUT2D eigenvalue weighted by Gasteiger charge is 2.15. The maximum absolute atomic E-state index is 12.6. The standard InChI is InChI=1S/C23H23ClN2O4S/c1-3-17-6-4-5-7-22(17)25-23(27)15-30-19-10-12-20(13-11-19)31(28,29)26-18-9-8-16(2)21(24)14-18/h4-14,26H,3,15H2,1-2H3,(H,25,27). The third kappa shape index (κ3) is 5.99. The van der Waals surface area contributed by atoms with Crippen LogP contribution in [-0.4, -0.2) is 20.9 Å². The number of carbonyl (C=O) groups excluding carboxylic acids is 1. The smallest absolute Gasteiger partial charge is 0.262 e. The molecule has 3 aromatic rings. The first-order chi connectivity index (χ1) is 14.8. The summed E-state index contributed by atoms with van der Waals surface area (Å²) in [6.07, 6.45) is 0.802. The summed E-state index contributed by atoms with van der Waals surface area (Å²) in [4.78, 5) is 12.2. The minimum Gasteiger partial charge on any atom is -0.484 e. The van der Waals surface area contributed by atoms with Crippen LogP contribution in [0.5, 0.6) is 5.75 Å². The van der Waals surface area contributed by atoms with Crippen LogP contribution in [0.2, 0.25) is 5.02 Å². The lowest BCUT2D eigenvalue weighted by Gasteiger charge is -2.12. The lowest BCUT2D eigenvalue weighted by atomic mass is 10.1. The Morgan fingerprint density at radius 3 is 2.42 bits per heavy atom. The molecular formula is C23H23ClN2O4S. The van der Waals surface area contributed by atoms with Gasteiger partial charge in [0.2, 0.25) is 0 Å². The van der Waals surface area contributed by atoms with Gasteiger partial charge in [0.15, 0.2) is 6.61 Å². The number of ether oxygens (including phenoxy) is 1. The van der Waals surface area contributed by atoms with E-state index in [1.807, 2.05) is 38.1 Å². The van der Waals surface area contributed by atoms with Gasteiger partial charge in [-0.2, -0.15) is 0 Å². The van der Waals surface area contributed by atoms with E-state index in [0.717, 1.165) is 23.2 Å². The molecule has 0 heterocycles. The van der Waals surface area contributed by atoms with E-state index in [1.165, 1.54) is 24.3 Å². The predicted molar refractivity (Wildman–Crippen MR) is 123 cm³/mol. The molecule has 0 radical (unpaired) electrons. The molecule has 0 saturated carbocycles. The Morgan fingerprint density at radius 2 is 1.74 bits per heavy atom. The molecule has 0 spiro atoms. The lowest BCUT2D eigenvalue weighted by molar-refractivity contribution is -0.118. The molecule has 162 valence electrons. The van der Waals surface area contributed by atoms with Crippen LogP contribution >= 0.6 is 11.6 Å². The van der Waals surface area contributed by atoms with Crippen LogP contribution in [0.4, 0.5) is 11.4 Å². The van der Waals surface area contributed by atoms with Crippen molar-refractivity contribution >= 4 is 38.9 Å². The zero-order chi connectivity index (χ0) is 22.4. The molecule has 3 aromatic carbocycles. The van der Waals surface area contributed by atoms with Crippen LogP contribution in [0.15, 0.2) is 71.6 Å². The second-order valence-electron chi connectivity index (χ2n) is 6.89. The normalized spacial score (nSPS) is 11.1. The number of amides is 1. The second kappa shape index (κ2) is 9.85. The van der Waals surface area contributed by atoms with Crippen molar-refractivity contribution in [1.29, 1.82) is 0 Å². The van der Waals surface area contributed by atoms with Gasteiger partial charge < -0.3 is 10.1 Å². The molecule has 8 heteroatoms. The van der Waals surface area contributed by atoms with Crippen LogP contribution in [0, 0.1) is 6.92 Å². The maximum Gasteiger partial charge on any atom is 0.262 e. The summed E-state index contributed by atoms with van der Waals surface area (Å²) in [5.41, 5.74) is 3.02. The zero-order valence-electron chi connectivity index (χ0n) is 17.2. The van der Waals surface area contributed by atoms with Crippen molar-refractivity contribution in [2.45, 2.75) is 25.2 Å². The SMILES string of the molecule is CCc1ccccc1NC(=O)COc1ccc(S(=O)(=O)Nc2ccc(C)c(Cl)c2)cc1. The molecule has 0 fully saturated rings. The van der Waals surface area contributed by atoms with E-state index in [9.17, 15) is 13.2 Å². The molecule has 2 N–H and O–H groups in total. The summed E-state index contributed by atoms with van der Waals surface area (Å²) in [5.74, 6) is 0.0896. The van der Waals surface area contributed by atoms with Gasteiger partial charge in [0.1, 0.15) is 5.75 Å². The summed E-state index contributed by atoms with van der Waals surface area (Å²) in [7, 11) is -3.78. The molecule has 0 bridgehead atoms. The summed E-state index contributed by atoms with van der Waals surface area (Å²) >= 11 is 6.05. The highest BCUT2D eigenvalue weighted by molar-refractivity contribution is 7.92. The van der Waals surface area contributed by atoms with Gasteiger partial charge in [-0.05, 0) is 66.9 Å². The largest absolute Gasteiger partial charge is 0.484 e. The quantitative estimate of drug-likeness (QED) is 0.495. The van der Waals surface area contributed by atoms with Gasteiger partial charge in [-0.25, -0.2) is 8.42 Å². The van der Waals surface area contributed by atoms with Crippen molar-refractivity contribution in [2.75, 3.05) is 16.6 Å². The van der Waals surface area contributed by atoms with Gasteiger partial charge in [0, 0.05) is 10.7 Å². The monoisotopic (exact) mass is 458 g/mol. The fraction of sp³-hybridized carbons (Fsp3) is 0.174. The molecular weight excluding hydrogens is 436 g/mol. The van der Waals surface area contributed by atoms with Crippen molar-refractivity contribution in [3.05, 3.63) is 82.9 Å². The third-order valence-corrected chi connectivity index (χ3v) is 6.40. The first-order valence-electron chi connectivity index (χ1n) is 9.68. The molecule has 1 amide bonds. The topological polar surface area (TPSA) is 84.5 Å². The number of halogens is 1. The predicted octanol–water partition coefficient (Wildman–Crippen LogP) is 5.03. The van der Waals surface area contributed by atoms with Crippen LogP contribution < -0.4 is 14.8 Å². The molecule has 6 nitrogen and oxygen atoms in total. The van der Waals surface area contributed by atoms with Crippen molar-refractivity contribution in [3.8, 4) is 5.75 Å². The Kier molecular flexibility index (Phi) is 7.20. The van der Waals surface area contributed by atoms with E-state index in [2.05, 4.69) is 10.0 Å². The van der Waals surface area contributed by atoms with E-state index >= 15 is 0 Å². The number of rotatable bonds is 8. The van der Waals surface area contributed by atoms with Gasteiger partial charge >= 0.3 is 0 Å². The van der Waals surface area contributed by atoms with Gasteiger partial charge in [0.05, 0.1) is 10.6 Å². The maximum atomic E-state index is 12.6. The Hall–Kier alpha value is -3.03. The van der Waals surface area contributed by atoms with Gasteiger partial charge in [-0.1, -0.05) is 42.8 Å². The molecule has 0 unspecified atom stereocenters. The van der Waals surface area contributed by atoms with Crippen molar-refractivity contribution in [1.82, 2.24) is 0 Å². The van der Waals surface area contributed by atoms with Crippen molar-refractivity contribution < 1.29 is 17.9 Å². The Labute approximate surface area is 187 Å². The Balaban J connectivity index is 1.60. The van der Waals surface area contributed by atoms with Crippen molar-refractivity contribution in [2.24, 2.45) is 0 Å². The molecule has 0 aliphatic heterocycles. The van der Waals surface area contributed by atoms with Gasteiger partial charge in [-0.15, -0.1) is 0 Å². The van der Waals surface area contributed by atoms with Crippen LogP contribution in [0.25, 0.3) is 0 Å². The van der Waals surface area contributed by atoms with E-state index in [1.54, 1.807) is 18.2 Å². The van der Waals surface area contributed by atoms with Crippen molar-refractivity contribution in [3.63, 3.8) is 0 Å². The summed E-state index contributed by atoms with van der Waals surface area (Å²) in [6.45, 7) is 3.66. The molecule has 0 aliphatic rings. The van der Waals surface area contributed by atoms with Crippen LogP contribution in [-0.2, 0) is 21.2 Å². The molecule has 31 heavy (non-hydrogen) atoms. The number of sulfonamides is 1. The van der Waals surface area contributed by atoms with Crippen LogP contribution in [0.3, 0.4) is 0 Å². The Bertz CT molecular complexity index is 1180. The number of anilines is 2. The van der Waals surface area contributed by atoms with Gasteiger partial charge in [0.25, 0.3) is 15.9 Å². The highest BCUT2D eigenvalue weighted by atomic mass is 35.5. The average Bonchev–Trinajstić information content (AvgIpc) is 2.75. The number of hydrogen-bond donors (Lipinski definition) is 2. The number of nitrogens with one attached hydrogen (secondary N) is 2. The first-order valence-corrected chi connectivity index (χ1v) is 11.5. The number of aryl methyl sites for hydroxylation is 2. The van der Waals surface area contributed by atoms with E-state index in [0.29, 0.717) is 16.5 Å². The first kappa shape index (κ1) is 22.7. The molecule has 0 aromatic heterocycles. The van der Waals surface area contributed by atoms with Gasteiger partial charge in [-0.3, -0.25) is 9.52 Å². The fourth-order valence-electron chi connectivity index (χ4n) is 2.87. The van der Waals surface area contributed by atoms with E-state index in [-0.39, 0.29) is 17.4 Å². The number of para-hydroxylation sites is 1. The van der Waals surface area contributed by atoms with Crippen LogP contribution in [0.1, 0.15) is 18.1 Å². The number of hydrogen-bond acceptors (Lipinski definition) is 4.